The highest BCUT2D eigenvalue weighted by Gasteiger charge is 2.20. The van der Waals surface area contributed by atoms with E-state index in [0.717, 1.165) is 5.69 Å². The Morgan fingerprint density at radius 1 is 1.43 bits per heavy atom. The van der Waals surface area contributed by atoms with E-state index in [-0.39, 0.29) is 11.7 Å². The monoisotopic (exact) mass is 291 g/mol. The van der Waals surface area contributed by atoms with Gasteiger partial charge < -0.3 is 10.6 Å². The Kier molecular flexibility index (Phi) is 4.94. The van der Waals surface area contributed by atoms with Gasteiger partial charge in [-0.1, -0.05) is 13.8 Å². The fourth-order valence-electron chi connectivity index (χ4n) is 2.44. The standard InChI is InChI=1S/C16H22FN3O/c1-11(2)16(21)14(9-18)15-4-3-13(10-19-15)20-7-5-12(17)6-8-20/h3-4,9-12H,5-8,18H2,1-2H3. The molecule has 1 saturated heterocycles. The largest absolute Gasteiger partial charge is 0.404 e. The van der Waals surface area contributed by atoms with E-state index in [9.17, 15) is 9.18 Å². The normalized spacial score (nSPS) is 17.3. The lowest BCUT2D eigenvalue weighted by Crippen LogP contribution is -2.34. The summed E-state index contributed by atoms with van der Waals surface area (Å²) < 4.78 is 13.2. The summed E-state index contributed by atoms with van der Waals surface area (Å²) in [6, 6.07) is 3.72. The van der Waals surface area contributed by atoms with Crippen molar-refractivity contribution in [3.05, 3.63) is 30.2 Å². The summed E-state index contributed by atoms with van der Waals surface area (Å²) in [6.07, 6.45) is 3.47. The number of rotatable bonds is 4. The topological polar surface area (TPSA) is 59.2 Å². The van der Waals surface area contributed by atoms with E-state index in [1.54, 1.807) is 12.3 Å². The number of carbonyl (C=O) groups excluding carboxylic acids is 1. The van der Waals surface area contributed by atoms with Crippen LogP contribution in [0.4, 0.5) is 10.1 Å². The molecule has 0 unspecified atom stereocenters. The third-order valence-electron chi connectivity index (χ3n) is 3.77. The number of nitrogens with zero attached hydrogens (tertiary/aromatic N) is 2. The minimum Gasteiger partial charge on any atom is -0.404 e. The Labute approximate surface area is 124 Å². The highest BCUT2D eigenvalue weighted by molar-refractivity contribution is 6.20. The van der Waals surface area contributed by atoms with Crippen LogP contribution in [0.25, 0.3) is 5.57 Å². The molecule has 2 heterocycles. The predicted octanol–water partition coefficient (Wildman–Crippen LogP) is 2.54. The minimum atomic E-state index is -0.691. The van der Waals surface area contributed by atoms with Gasteiger partial charge >= 0.3 is 0 Å². The summed E-state index contributed by atoms with van der Waals surface area (Å²) in [5, 5.41) is 0. The van der Waals surface area contributed by atoms with Crippen molar-refractivity contribution in [2.24, 2.45) is 11.7 Å². The van der Waals surface area contributed by atoms with Crippen LogP contribution in [0.3, 0.4) is 0 Å². The van der Waals surface area contributed by atoms with Crippen molar-refractivity contribution in [1.82, 2.24) is 4.98 Å². The number of pyridine rings is 1. The number of halogens is 1. The molecule has 0 saturated carbocycles. The molecule has 1 fully saturated rings. The van der Waals surface area contributed by atoms with Crippen LogP contribution in [0.1, 0.15) is 32.4 Å². The molecule has 1 aromatic rings. The van der Waals surface area contributed by atoms with Gasteiger partial charge in [-0.05, 0) is 25.0 Å². The fraction of sp³-hybridized carbons (Fsp3) is 0.500. The first-order valence-electron chi connectivity index (χ1n) is 7.34. The number of hydrogen-bond donors (Lipinski definition) is 1. The molecule has 2 N–H and O–H groups in total. The number of nitrogens with two attached hydrogens (primary N) is 1. The second kappa shape index (κ2) is 6.70. The summed E-state index contributed by atoms with van der Waals surface area (Å²) in [5.41, 5.74) is 7.55. The lowest BCUT2D eigenvalue weighted by molar-refractivity contribution is -0.116. The smallest absolute Gasteiger partial charge is 0.169 e. The molecule has 0 spiro atoms. The Morgan fingerprint density at radius 2 is 2.10 bits per heavy atom. The summed E-state index contributed by atoms with van der Waals surface area (Å²) in [7, 11) is 0. The average Bonchev–Trinajstić information content (AvgIpc) is 2.49. The first-order valence-corrected chi connectivity index (χ1v) is 7.34. The predicted molar refractivity (Wildman–Crippen MR) is 82.6 cm³/mol. The number of piperidine rings is 1. The molecular formula is C16H22FN3O. The summed E-state index contributed by atoms with van der Waals surface area (Å²) in [4.78, 5) is 18.5. The van der Waals surface area contributed by atoms with E-state index in [2.05, 4.69) is 9.88 Å². The first-order chi connectivity index (χ1) is 10.0. The second-order valence-corrected chi connectivity index (χ2v) is 5.66. The van der Waals surface area contributed by atoms with Gasteiger partial charge in [0.15, 0.2) is 5.78 Å². The van der Waals surface area contributed by atoms with E-state index in [4.69, 9.17) is 5.73 Å². The van der Waals surface area contributed by atoms with Gasteiger partial charge in [-0.3, -0.25) is 9.78 Å². The molecule has 114 valence electrons. The zero-order valence-electron chi connectivity index (χ0n) is 12.6. The van der Waals surface area contributed by atoms with E-state index in [0.29, 0.717) is 37.2 Å². The van der Waals surface area contributed by atoms with Crippen LogP contribution in [0.5, 0.6) is 0 Å². The molecule has 0 aromatic carbocycles. The fourth-order valence-corrected chi connectivity index (χ4v) is 2.44. The van der Waals surface area contributed by atoms with E-state index < -0.39 is 6.17 Å². The molecule has 0 radical (unpaired) electrons. The van der Waals surface area contributed by atoms with Crippen molar-refractivity contribution >= 4 is 17.0 Å². The average molecular weight is 291 g/mol. The van der Waals surface area contributed by atoms with Crippen molar-refractivity contribution < 1.29 is 9.18 Å². The summed E-state index contributed by atoms with van der Waals surface area (Å²) >= 11 is 0. The maximum Gasteiger partial charge on any atom is 0.169 e. The van der Waals surface area contributed by atoms with Crippen LogP contribution < -0.4 is 10.6 Å². The van der Waals surface area contributed by atoms with Crippen molar-refractivity contribution in [2.75, 3.05) is 18.0 Å². The molecule has 4 nitrogen and oxygen atoms in total. The number of carbonyl (C=O) groups is 1. The van der Waals surface area contributed by atoms with Crippen LogP contribution in [-0.4, -0.2) is 30.0 Å². The van der Waals surface area contributed by atoms with E-state index in [1.165, 1.54) is 6.20 Å². The van der Waals surface area contributed by atoms with Crippen molar-refractivity contribution in [1.29, 1.82) is 0 Å². The molecule has 2 rings (SSSR count). The molecule has 5 heteroatoms. The maximum atomic E-state index is 13.2. The number of aromatic nitrogens is 1. The van der Waals surface area contributed by atoms with Gasteiger partial charge in [0.2, 0.25) is 0 Å². The van der Waals surface area contributed by atoms with Gasteiger partial charge in [-0.15, -0.1) is 0 Å². The molecule has 0 bridgehead atoms. The molecule has 1 aliphatic heterocycles. The molecule has 0 amide bonds. The van der Waals surface area contributed by atoms with Gasteiger partial charge in [0.05, 0.1) is 23.2 Å². The van der Waals surface area contributed by atoms with Crippen LogP contribution in [0.2, 0.25) is 0 Å². The zero-order valence-corrected chi connectivity index (χ0v) is 12.6. The van der Waals surface area contributed by atoms with Crippen molar-refractivity contribution in [3.8, 4) is 0 Å². The maximum absolute atomic E-state index is 13.2. The molecule has 0 aliphatic carbocycles. The lowest BCUT2D eigenvalue weighted by atomic mass is 9.99. The highest BCUT2D eigenvalue weighted by atomic mass is 19.1. The number of ketones is 1. The molecule has 1 aliphatic rings. The van der Waals surface area contributed by atoms with Gasteiger partial charge in [0.25, 0.3) is 0 Å². The number of allylic oxidation sites excluding steroid dienone is 1. The second-order valence-electron chi connectivity index (χ2n) is 5.66. The minimum absolute atomic E-state index is 0.0176. The highest BCUT2D eigenvalue weighted by Crippen LogP contribution is 2.23. The number of Topliss-reactive ketones (excluding diaryl/α,β-unsaturated/α-hetero) is 1. The molecular weight excluding hydrogens is 269 g/mol. The lowest BCUT2D eigenvalue weighted by Gasteiger charge is -2.30. The number of hydrogen-bond acceptors (Lipinski definition) is 4. The van der Waals surface area contributed by atoms with Crippen LogP contribution in [-0.2, 0) is 4.79 Å². The third-order valence-corrected chi connectivity index (χ3v) is 3.77. The summed E-state index contributed by atoms with van der Waals surface area (Å²) in [5.74, 6) is -0.138. The van der Waals surface area contributed by atoms with Crippen molar-refractivity contribution in [3.63, 3.8) is 0 Å². The van der Waals surface area contributed by atoms with Crippen LogP contribution in [0, 0.1) is 5.92 Å². The van der Waals surface area contributed by atoms with Crippen LogP contribution in [0.15, 0.2) is 24.5 Å². The van der Waals surface area contributed by atoms with Gasteiger partial charge in [0.1, 0.15) is 6.17 Å². The Morgan fingerprint density at radius 3 is 2.57 bits per heavy atom. The number of alkyl halides is 1. The van der Waals surface area contributed by atoms with E-state index in [1.807, 2.05) is 19.9 Å². The Balaban J connectivity index is 2.13. The zero-order chi connectivity index (χ0) is 15.4. The molecule has 1 aromatic heterocycles. The van der Waals surface area contributed by atoms with Gasteiger partial charge in [0, 0.05) is 25.2 Å². The molecule has 0 atom stereocenters. The van der Waals surface area contributed by atoms with Crippen molar-refractivity contribution in [2.45, 2.75) is 32.9 Å². The van der Waals surface area contributed by atoms with Gasteiger partial charge in [-0.2, -0.15) is 0 Å². The Hall–Kier alpha value is -1.91. The van der Waals surface area contributed by atoms with Gasteiger partial charge in [-0.25, -0.2) is 4.39 Å². The quantitative estimate of drug-likeness (QED) is 0.866. The SMILES string of the molecule is CC(C)C(=O)C(=CN)c1ccc(N2CCC(F)CC2)cn1. The van der Waals surface area contributed by atoms with E-state index >= 15 is 0 Å². The Bertz CT molecular complexity index is 517. The third kappa shape index (κ3) is 3.60. The summed E-state index contributed by atoms with van der Waals surface area (Å²) in [6.45, 7) is 5.07. The molecule has 21 heavy (non-hydrogen) atoms. The number of anilines is 1. The first kappa shape index (κ1) is 15.5. The van der Waals surface area contributed by atoms with Crippen LogP contribution >= 0.6 is 0 Å².